The van der Waals surface area contributed by atoms with Gasteiger partial charge in [-0.25, -0.2) is 4.79 Å². The molecule has 2 rings (SSSR count). The van der Waals surface area contributed by atoms with Gasteiger partial charge in [-0.3, -0.25) is 4.79 Å². The topological polar surface area (TPSA) is 43.4 Å². The van der Waals surface area contributed by atoms with Crippen LogP contribution in [0.4, 0.5) is 0 Å². The van der Waals surface area contributed by atoms with Gasteiger partial charge in [0.1, 0.15) is 0 Å². The van der Waals surface area contributed by atoms with Gasteiger partial charge in [0.15, 0.2) is 5.78 Å². The molecule has 2 aliphatic carbocycles. The van der Waals surface area contributed by atoms with Crippen LogP contribution < -0.4 is 0 Å². The molecule has 0 amide bonds. The Hall–Kier alpha value is -0.903. The fourth-order valence-corrected chi connectivity index (χ4v) is 5.45. The third-order valence-electron chi connectivity index (χ3n) is 6.27. The third kappa shape index (κ3) is 3.68. The van der Waals surface area contributed by atoms with E-state index in [1.165, 1.54) is 0 Å². The number of carbonyl (C=O) groups is 2. The highest BCUT2D eigenvalue weighted by Crippen LogP contribution is 2.58. The Morgan fingerprint density at radius 1 is 1.21 bits per heavy atom. The molecule has 0 saturated heterocycles. The highest BCUT2D eigenvalue weighted by Gasteiger charge is 2.54. The molecule has 1 fully saturated rings. The summed E-state index contributed by atoms with van der Waals surface area (Å²) >= 11 is 0. The molecular formula is C20H34O3Si. The molecule has 0 heterocycles. The number of ketones is 1. The van der Waals surface area contributed by atoms with E-state index in [0.29, 0.717) is 24.2 Å². The van der Waals surface area contributed by atoms with Crippen molar-refractivity contribution in [3.8, 4) is 0 Å². The molecule has 2 atom stereocenters. The predicted molar refractivity (Wildman–Crippen MR) is 101 cm³/mol. The van der Waals surface area contributed by atoms with Gasteiger partial charge in [0.2, 0.25) is 0 Å². The van der Waals surface area contributed by atoms with Crippen LogP contribution in [0.2, 0.25) is 25.7 Å². The van der Waals surface area contributed by atoms with Crippen LogP contribution in [0, 0.1) is 16.7 Å². The Morgan fingerprint density at radius 2 is 1.83 bits per heavy atom. The van der Waals surface area contributed by atoms with Crippen molar-refractivity contribution in [1.29, 1.82) is 0 Å². The molecule has 2 unspecified atom stereocenters. The van der Waals surface area contributed by atoms with Gasteiger partial charge >= 0.3 is 5.97 Å². The van der Waals surface area contributed by atoms with Gasteiger partial charge in [-0.2, -0.15) is 0 Å². The standard InChI is InChI=1S/C20H34O3Si/c1-14-15(21)13-16-19(2,3)9-8-10-20(16,4)17(14)18(22)23-11-12-24(5,6)7/h16H,8-13H2,1-7H3. The predicted octanol–water partition coefficient (Wildman–Crippen LogP) is 4.99. The maximum Gasteiger partial charge on any atom is 0.334 e. The van der Waals surface area contributed by atoms with E-state index in [4.69, 9.17) is 4.74 Å². The second kappa shape index (κ2) is 6.43. The maximum atomic E-state index is 12.9. The van der Waals surface area contributed by atoms with E-state index in [1.54, 1.807) is 0 Å². The van der Waals surface area contributed by atoms with E-state index in [9.17, 15) is 9.59 Å². The van der Waals surface area contributed by atoms with Crippen LogP contribution in [0.5, 0.6) is 0 Å². The summed E-state index contributed by atoms with van der Waals surface area (Å²) in [5.41, 5.74) is 1.18. The van der Waals surface area contributed by atoms with Gasteiger partial charge in [0.05, 0.1) is 6.61 Å². The van der Waals surface area contributed by atoms with Crippen LogP contribution in [0.3, 0.4) is 0 Å². The molecule has 3 nitrogen and oxygen atoms in total. The number of ether oxygens (including phenoxy) is 1. The second-order valence-corrected chi connectivity index (χ2v) is 15.5. The zero-order valence-corrected chi connectivity index (χ0v) is 17.5. The van der Waals surface area contributed by atoms with E-state index >= 15 is 0 Å². The average Bonchev–Trinajstić information content (AvgIpc) is 2.40. The van der Waals surface area contributed by atoms with E-state index in [1.807, 2.05) is 6.92 Å². The molecule has 1 saturated carbocycles. The molecule has 4 heteroatoms. The van der Waals surface area contributed by atoms with Crippen molar-refractivity contribution < 1.29 is 14.3 Å². The Labute approximate surface area is 148 Å². The summed E-state index contributed by atoms with van der Waals surface area (Å²) in [5, 5.41) is 0. The Kier molecular flexibility index (Phi) is 5.21. The molecule has 24 heavy (non-hydrogen) atoms. The number of Topliss-reactive ketones (excluding diaryl/α,β-unsaturated/α-hetero) is 1. The summed E-state index contributed by atoms with van der Waals surface area (Å²) < 4.78 is 5.64. The zero-order chi connectivity index (χ0) is 18.3. The zero-order valence-electron chi connectivity index (χ0n) is 16.5. The monoisotopic (exact) mass is 350 g/mol. The van der Waals surface area contributed by atoms with Crippen LogP contribution in [0.25, 0.3) is 0 Å². The Balaban J connectivity index is 2.29. The highest BCUT2D eigenvalue weighted by molar-refractivity contribution is 6.76. The van der Waals surface area contributed by atoms with Gasteiger partial charge < -0.3 is 4.74 Å². The smallest absolute Gasteiger partial charge is 0.334 e. The summed E-state index contributed by atoms with van der Waals surface area (Å²) in [6, 6.07) is 0.963. The first-order valence-electron chi connectivity index (χ1n) is 9.30. The summed E-state index contributed by atoms with van der Waals surface area (Å²) in [6.45, 7) is 15.8. The van der Waals surface area contributed by atoms with Gasteiger partial charge in [-0.1, -0.05) is 46.8 Å². The quantitative estimate of drug-likeness (QED) is 0.530. The molecule has 0 aromatic rings. The maximum absolute atomic E-state index is 12.9. The molecule has 0 aromatic carbocycles. The SMILES string of the molecule is CC1=C(C(=O)OCC[Si](C)(C)C)C2(C)CCCC(C)(C)C2CC1=O. The van der Waals surface area contributed by atoms with Gasteiger partial charge in [0, 0.05) is 31.1 Å². The largest absolute Gasteiger partial charge is 0.463 e. The second-order valence-electron chi connectivity index (χ2n) is 9.89. The number of rotatable bonds is 4. The normalized spacial score (nSPS) is 30.1. The van der Waals surface area contributed by atoms with Crippen LogP contribution in [0.15, 0.2) is 11.1 Å². The van der Waals surface area contributed by atoms with Crippen molar-refractivity contribution in [3.63, 3.8) is 0 Å². The molecule has 0 spiro atoms. The number of esters is 1. The minimum atomic E-state index is -1.24. The van der Waals surface area contributed by atoms with Crippen LogP contribution in [-0.4, -0.2) is 26.4 Å². The number of carbonyl (C=O) groups excluding carboxylic acids is 2. The third-order valence-corrected chi connectivity index (χ3v) is 7.98. The highest BCUT2D eigenvalue weighted by atomic mass is 28.3. The molecule has 0 aliphatic heterocycles. The first kappa shape index (κ1) is 19.4. The number of allylic oxidation sites excluding steroid dienone is 1. The molecule has 136 valence electrons. The fourth-order valence-electron chi connectivity index (χ4n) is 4.74. The summed E-state index contributed by atoms with van der Waals surface area (Å²) in [6.07, 6.45) is 3.77. The van der Waals surface area contributed by atoms with Crippen molar-refractivity contribution in [3.05, 3.63) is 11.1 Å². The Bertz CT molecular complexity index is 568. The van der Waals surface area contributed by atoms with Crippen LogP contribution in [0.1, 0.15) is 53.4 Å². The van der Waals surface area contributed by atoms with Gasteiger partial charge in [0.25, 0.3) is 0 Å². The van der Waals surface area contributed by atoms with Crippen molar-refractivity contribution in [2.45, 2.75) is 79.1 Å². The number of fused-ring (bicyclic) bond motifs is 1. The summed E-state index contributed by atoms with van der Waals surface area (Å²) in [7, 11) is -1.24. The molecule has 0 radical (unpaired) electrons. The lowest BCUT2D eigenvalue weighted by Crippen LogP contribution is -2.49. The lowest BCUT2D eigenvalue weighted by atomic mass is 9.50. The molecule has 0 N–H and O–H groups in total. The summed E-state index contributed by atoms with van der Waals surface area (Å²) in [5.74, 6) is 0.114. The lowest BCUT2D eigenvalue weighted by Gasteiger charge is -2.53. The number of hydrogen-bond donors (Lipinski definition) is 0. The fraction of sp³-hybridized carbons (Fsp3) is 0.800. The summed E-state index contributed by atoms with van der Waals surface area (Å²) in [4.78, 5) is 25.5. The van der Waals surface area contributed by atoms with E-state index in [0.717, 1.165) is 25.3 Å². The van der Waals surface area contributed by atoms with Crippen LogP contribution >= 0.6 is 0 Å². The van der Waals surface area contributed by atoms with E-state index < -0.39 is 8.07 Å². The van der Waals surface area contributed by atoms with Crippen LogP contribution in [-0.2, 0) is 14.3 Å². The first-order chi connectivity index (χ1) is 10.9. The van der Waals surface area contributed by atoms with E-state index in [2.05, 4.69) is 40.4 Å². The van der Waals surface area contributed by atoms with Crippen molar-refractivity contribution in [2.24, 2.45) is 16.7 Å². The minimum absolute atomic E-state index is 0.0905. The van der Waals surface area contributed by atoms with E-state index in [-0.39, 0.29) is 28.5 Å². The minimum Gasteiger partial charge on any atom is -0.463 e. The molecule has 0 aromatic heterocycles. The molecule has 0 bridgehead atoms. The van der Waals surface area contributed by atoms with Gasteiger partial charge in [-0.15, -0.1) is 0 Å². The first-order valence-corrected chi connectivity index (χ1v) is 13.0. The Morgan fingerprint density at radius 3 is 2.42 bits per heavy atom. The van der Waals surface area contributed by atoms with Crippen molar-refractivity contribution in [2.75, 3.05) is 6.61 Å². The average molecular weight is 351 g/mol. The van der Waals surface area contributed by atoms with Crippen molar-refractivity contribution >= 4 is 19.8 Å². The van der Waals surface area contributed by atoms with Crippen molar-refractivity contribution in [1.82, 2.24) is 0 Å². The lowest BCUT2D eigenvalue weighted by molar-refractivity contribution is -0.143. The number of hydrogen-bond acceptors (Lipinski definition) is 3. The molecule has 2 aliphatic rings. The van der Waals surface area contributed by atoms with Gasteiger partial charge in [-0.05, 0) is 37.1 Å². The molecular weight excluding hydrogens is 316 g/mol.